The van der Waals surface area contributed by atoms with E-state index in [0.29, 0.717) is 25.7 Å². The number of hydrogen-bond acceptors (Lipinski definition) is 4. The molecule has 0 bridgehead atoms. The number of aliphatic carboxylic acids is 1. The van der Waals surface area contributed by atoms with E-state index in [4.69, 9.17) is 22.3 Å². The third-order valence-corrected chi connectivity index (χ3v) is 18.1. The molecule has 86 heavy (non-hydrogen) atoms. The third kappa shape index (κ3) is 95.5. The molecule has 514 valence electrons. The maximum Gasteiger partial charge on any atom is 0.303 e. The topological polar surface area (TPSA) is 167 Å². The Labute approximate surface area is 538 Å². The Bertz CT molecular complexity index is 1200. The molecule has 0 radical (unpaired) electrons. The van der Waals surface area contributed by atoms with E-state index in [-0.39, 0.29) is 17.7 Å². The fraction of sp³-hybridized carbons (Fsp3) is 0.949. The average Bonchev–Trinajstić information content (AvgIpc) is 3.48. The van der Waals surface area contributed by atoms with Crippen molar-refractivity contribution in [3.63, 3.8) is 0 Å². The molecule has 8 nitrogen and oxygen atoms in total. The fourth-order valence-corrected chi connectivity index (χ4v) is 12.3. The van der Waals surface area contributed by atoms with Crippen LogP contribution in [0, 0.1) is 0 Å². The molecule has 0 aromatic rings. The van der Waals surface area contributed by atoms with Gasteiger partial charge in [-0.3, -0.25) is 19.2 Å². The van der Waals surface area contributed by atoms with Crippen LogP contribution in [0.25, 0.3) is 0 Å². The molecule has 0 aliphatic rings. The summed E-state index contributed by atoms with van der Waals surface area (Å²) in [7, 11) is 0. The van der Waals surface area contributed by atoms with Gasteiger partial charge in [-0.1, -0.05) is 425 Å². The van der Waals surface area contributed by atoms with Crippen molar-refractivity contribution in [2.24, 2.45) is 17.2 Å². The van der Waals surface area contributed by atoms with Crippen LogP contribution >= 0.6 is 0 Å². The van der Waals surface area contributed by atoms with Gasteiger partial charge in [0.25, 0.3) is 0 Å². The van der Waals surface area contributed by atoms with Crippen LogP contribution in [-0.4, -0.2) is 28.8 Å². The Morgan fingerprint density at radius 1 is 0.174 bits per heavy atom. The molecular weight excluding hydrogens is 1060 g/mol. The van der Waals surface area contributed by atoms with Gasteiger partial charge in [0.1, 0.15) is 0 Å². The van der Waals surface area contributed by atoms with Gasteiger partial charge in [0.2, 0.25) is 17.7 Å². The van der Waals surface area contributed by atoms with Crippen LogP contribution in [0.5, 0.6) is 0 Å². The molecule has 0 saturated carbocycles. The minimum absolute atomic E-state index is 0.151. The molecule has 0 heterocycles. The van der Waals surface area contributed by atoms with Crippen molar-refractivity contribution in [2.75, 3.05) is 0 Å². The summed E-state index contributed by atoms with van der Waals surface area (Å²) < 4.78 is 0. The van der Waals surface area contributed by atoms with E-state index in [1.165, 1.54) is 392 Å². The number of hydrogen-bond donors (Lipinski definition) is 4. The zero-order valence-electron chi connectivity index (χ0n) is 58.7. The first-order valence-corrected chi connectivity index (χ1v) is 39.2. The maximum atomic E-state index is 10.7. The first kappa shape index (κ1) is 88.1. The third-order valence-electron chi connectivity index (χ3n) is 18.1. The number of carbonyl (C=O) groups excluding carboxylic acids is 3. The lowest BCUT2D eigenvalue weighted by atomic mass is 10.0. The number of unbranched alkanes of at least 4 members (excludes halogenated alkanes) is 65. The van der Waals surface area contributed by atoms with Gasteiger partial charge in [0, 0.05) is 25.7 Å². The highest BCUT2D eigenvalue weighted by molar-refractivity contribution is 5.74. The molecule has 7 N–H and O–H groups in total. The largest absolute Gasteiger partial charge is 0.481 e. The van der Waals surface area contributed by atoms with E-state index in [1.807, 2.05) is 0 Å². The number of primary amides is 3. The van der Waals surface area contributed by atoms with Gasteiger partial charge in [-0.05, 0) is 25.7 Å². The SMILES string of the molecule is CCCCCCCCCCCCCCCCCC(=O)O.CCCCCCCCCCCCCCCCCC(N)=O.NC(=O)CCCCCCCCCCCCCCCCCCCCCCCCCCCCCCCCCCCCCCCCC(N)=O. The van der Waals surface area contributed by atoms with E-state index >= 15 is 0 Å². The van der Waals surface area contributed by atoms with Crippen molar-refractivity contribution in [3.8, 4) is 0 Å². The van der Waals surface area contributed by atoms with E-state index in [2.05, 4.69) is 13.8 Å². The van der Waals surface area contributed by atoms with Crippen LogP contribution in [0.15, 0.2) is 0 Å². The summed E-state index contributed by atoms with van der Waals surface area (Å²) in [6, 6.07) is 0. The van der Waals surface area contributed by atoms with Crippen molar-refractivity contribution in [1.82, 2.24) is 0 Å². The molecule has 0 aromatic carbocycles. The Kier molecular flexibility index (Phi) is 84.9. The molecule has 8 heteroatoms. The fourth-order valence-electron chi connectivity index (χ4n) is 12.3. The summed E-state index contributed by atoms with van der Waals surface area (Å²) in [6.45, 7) is 4.55. The highest BCUT2D eigenvalue weighted by Gasteiger charge is 2.02. The molecule has 0 spiro atoms. The molecule has 0 saturated heterocycles. The van der Waals surface area contributed by atoms with Crippen molar-refractivity contribution < 1.29 is 24.3 Å². The normalized spacial score (nSPS) is 11.1. The second-order valence-corrected chi connectivity index (χ2v) is 27.1. The average molecular weight is 1220 g/mol. The van der Waals surface area contributed by atoms with E-state index in [1.54, 1.807) is 0 Å². The first-order valence-electron chi connectivity index (χ1n) is 39.2. The molecule has 0 fully saturated rings. The van der Waals surface area contributed by atoms with Crippen molar-refractivity contribution in [3.05, 3.63) is 0 Å². The van der Waals surface area contributed by atoms with Crippen molar-refractivity contribution >= 4 is 23.7 Å². The van der Waals surface area contributed by atoms with Crippen molar-refractivity contribution in [1.29, 1.82) is 0 Å². The van der Waals surface area contributed by atoms with Gasteiger partial charge in [0.15, 0.2) is 0 Å². The molecule has 3 amide bonds. The van der Waals surface area contributed by atoms with Crippen LogP contribution in [0.4, 0.5) is 0 Å². The van der Waals surface area contributed by atoms with E-state index < -0.39 is 5.97 Å². The number of rotatable bonds is 73. The van der Waals surface area contributed by atoms with Gasteiger partial charge in [-0.15, -0.1) is 0 Å². The Morgan fingerprint density at radius 3 is 0.360 bits per heavy atom. The van der Waals surface area contributed by atoms with E-state index in [0.717, 1.165) is 44.9 Å². The number of carbonyl (C=O) groups is 4. The molecule has 0 aliphatic carbocycles. The predicted molar refractivity (Wildman–Crippen MR) is 379 cm³/mol. The lowest BCUT2D eigenvalue weighted by Crippen LogP contribution is -2.09. The lowest BCUT2D eigenvalue weighted by Gasteiger charge is -2.05. The van der Waals surface area contributed by atoms with Crippen LogP contribution in [-0.2, 0) is 19.2 Å². The van der Waals surface area contributed by atoms with Crippen LogP contribution in [0.1, 0.15) is 476 Å². The summed E-state index contributed by atoms with van der Waals surface area (Å²) in [5.41, 5.74) is 15.5. The summed E-state index contributed by atoms with van der Waals surface area (Å²) in [4.78, 5) is 42.3. The van der Waals surface area contributed by atoms with E-state index in [9.17, 15) is 19.2 Å². The lowest BCUT2D eigenvalue weighted by molar-refractivity contribution is -0.137. The number of carboxylic acid groups (broad SMARTS) is 1. The smallest absolute Gasteiger partial charge is 0.303 e. The van der Waals surface area contributed by atoms with Gasteiger partial charge >= 0.3 is 5.97 Å². The Hall–Kier alpha value is -2.12. The Morgan fingerprint density at radius 2 is 0.267 bits per heavy atom. The summed E-state index contributed by atoms with van der Waals surface area (Å²) in [5, 5.41) is 8.52. The number of nitrogens with two attached hydrogens (primary N) is 3. The highest BCUT2D eigenvalue weighted by Crippen LogP contribution is 2.20. The minimum atomic E-state index is -0.653. The van der Waals surface area contributed by atoms with Crippen LogP contribution in [0.3, 0.4) is 0 Å². The highest BCUT2D eigenvalue weighted by atomic mass is 16.4. The van der Waals surface area contributed by atoms with Crippen molar-refractivity contribution in [2.45, 2.75) is 476 Å². The Balaban J connectivity index is -0.00000141. The molecule has 0 atom stereocenters. The second-order valence-electron chi connectivity index (χ2n) is 27.1. The molecule has 0 aromatic heterocycles. The molecular formula is C78H157N3O5. The minimum Gasteiger partial charge on any atom is -0.481 e. The van der Waals surface area contributed by atoms with Gasteiger partial charge in [0.05, 0.1) is 0 Å². The summed E-state index contributed by atoms with van der Waals surface area (Å²) in [6.07, 6.45) is 94.9. The quantitative estimate of drug-likeness (QED) is 0.0444. The number of amides is 3. The van der Waals surface area contributed by atoms with Crippen LogP contribution in [0.2, 0.25) is 0 Å². The zero-order chi connectivity index (χ0) is 63.2. The molecule has 0 rings (SSSR count). The van der Waals surface area contributed by atoms with Gasteiger partial charge in [-0.2, -0.15) is 0 Å². The summed E-state index contributed by atoms with van der Waals surface area (Å²) in [5.74, 6) is -1.11. The van der Waals surface area contributed by atoms with Crippen LogP contribution < -0.4 is 17.2 Å². The first-order chi connectivity index (χ1) is 42.2. The monoisotopic (exact) mass is 1220 g/mol. The molecule has 0 unspecified atom stereocenters. The van der Waals surface area contributed by atoms with Gasteiger partial charge < -0.3 is 22.3 Å². The number of carboxylic acids is 1. The summed E-state index contributed by atoms with van der Waals surface area (Å²) >= 11 is 0. The second kappa shape index (κ2) is 82.9. The maximum absolute atomic E-state index is 10.7. The predicted octanol–water partition coefficient (Wildman–Crippen LogP) is 25.6. The van der Waals surface area contributed by atoms with Gasteiger partial charge in [-0.25, -0.2) is 0 Å². The zero-order valence-corrected chi connectivity index (χ0v) is 58.7. The molecule has 0 aliphatic heterocycles. The standard InChI is InChI=1S/C42H84N2O2.C18H37NO.C18H36O2/c43-41(45)39-37-35-33-31-29-27-25-23-21-19-17-15-13-11-9-7-5-3-1-2-4-6-8-10-12-14-16-18-20-22-24-26-28-30-32-34-36-38-40-42(44)46;2*1-2-3-4-5-6-7-8-9-10-11-12-13-14-15-16-17-18(19)20/h1-40H2,(H2,43,45)(H2,44,46);2-17H2,1H3,(H2,19,20);2-17H2,1H3,(H,19,20).